The lowest BCUT2D eigenvalue weighted by Gasteiger charge is -2.12. The van der Waals surface area contributed by atoms with Gasteiger partial charge in [0, 0.05) is 22.9 Å². The number of unbranched alkanes of at least 4 members (excludes halogenated alkanes) is 1. The van der Waals surface area contributed by atoms with E-state index in [1.54, 1.807) is 18.2 Å². The van der Waals surface area contributed by atoms with E-state index in [9.17, 15) is 5.11 Å². The summed E-state index contributed by atoms with van der Waals surface area (Å²) in [6.07, 6.45) is 7.36. The van der Waals surface area contributed by atoms with E-state index in [-0.39, 0.29) is 0 Å². The molecule has 0 fully saturated rings. The zero-order valence-electron chi connectivity index (χ0n) is 8.92. The fraction of sp³-hybridized carbons (Fsp3) is 0.385. The van der Waals surface area contributed by atoms with Gasteiger partial charge >= 0.3 is 0 Å². The fourth-order valence-corrected chi connectivity index (χ4v) is 2.06. The molecule has 0 aliphatic rings. The molecule has 0 bridgehead atoms. The average Bonchev–Trinajstić information content (AvgIpc) is 2.24. The lowest BCUT2D eigenvalue weighted by molar-refractivity contribution is 0.162. The van der Waals surface area contributed by atoms with Crippen molar-refractivity contribution in [1.82, 2.24) is 0 Å². The first-order valence-corrected chi connectivity index (χ1v) is 5.95. The van der Waals surface area contributed by atoms with Crippen LogP contribution in [-0.4, -0.2) is 11.2 Å². The van der Waals surface area contributed by atoms with Crippen molar-refractivity contribution in [3.05, 3.63) is 33.8 Å². The van der Waals surface area contributed by atoms with E-state index in [4.69, 9.17) is 29.6 Å². The van der Waals surface area contributed by atoms with Crippen LogP contribution in [0.2, 0.25) is 10.0 Å². The van der Waals surface area contributed by atoms with Gasteiger partial charge in [0.15, 0.2) is 0 Å². The monoisotopic (exact) mass is 256 g/mol. The Labute approximate surface area is 106 Å². The van der Waals surface area contributed by atoms with Crippen LogP contribution >= 0.6 is 23.2 Å². The molecule has 3 heteroatoms. The molecule has 0 aromatic heterocycles. The summed E-state index contributed by atoms with van der Waals surface area (Å²) < 4.78 is 0. The van der Waals surface area contributed by atoms with Gasteiger partial charge < -0.3 is 5.11 Å². The minimum absolute atomic E-state index is 0.439. The Morgan fingerprint density at radius 3 is 2.50 bits per heavy atom. The standard InChI is InChI=1S/C13H14Cl2O/c1-2-3-4-6-10(16)9-11-12(14)7-5-8-13(11)15/h1,5,7-8,10,16H,3-4,6,9H2. The van der Waals surface area contributed by atoms with E-state index in [2.05, 4.69) is 5.92 Å². The van der Waals surface area contributed by atoms with Crippen molar-refractivity contribution in [2.24, 2.45) is 0 Å². The zero-order valence-corrected chi connectivity index (χ0v) is 10.4. The minimum Gasteiger partial charge on any atom is -0.393 e. The lowest BCUT2D eigenvalue weighted by Crippen LogP contribution is -2.10. The van der Waals surface area contributed by atoms with Gasteiger partial charge in [-0.15, -0.1) is 12.3 Å². The molecule has 0 aliphatic heterocycles. The van der Waals surface area contributed by atoms with Crippen molar-refractivity contribution in [3.8, 4) is 12.3 Å². The molecule has 1 nitrogen and oxygen atoms in total. The van der Waals surface area contributed by atoms with Gasteiger partial charge in [0.2, 0.25) is 0 Å². The first kappa shape index (κ1) is 13.4. The highest BCUT2D eigenvalue weighted by Crippen LogP contribution is 2.26. The first-order chi connectivity index (χ1) is 7.65. The van der Waals surface area contributed by atoms with Gasteiger partial charge in [-0.2, -0.15) is 0 Å². The SMILES string of the molecule is C#CCCCC(O)Cc1c(Cl)cccc1Cl. The van der Waals surface area contributed by atoms with Gasteiger partial charge in [0.1, 0.15) is 0 Å². The summed E-state index contributed by atoms with van der Waals surface area (Å²) in [6.45, 7) is 0. The Hall–Kier alpha value is -0.680. The highest BCUT2D eigenvalue weighted by molar-refractivity contribution is 6.35. The molecular weight excluding hydrogens is 243 g/mol. The Bertz CT molecular complexity index is 362. The molecule has 1 N–H and O–H groups in total. The third kappa shape index (κ3) is 4.06. The van der Waals surface area contributed by atoms with E-state index in [1.807, 2.05) is 0 Å². The van der Waals surface area contributed by atoms with Crippen LogP contribution in [0.25, 0.3) is 0 Å². The van der Waals surface area contributed by atoms with Crippen LogP contribution < -0.4 is 0 Å². The summed E-state index contributed by atoms with van der Waals surface area (Å²) in [5.74, 6) is 2.55. The molecule has 1 aromatic rings. The Morgan fingerprint density at radius 1 is 1.31 bits per heavy atom. The molecule has 0 spiro atoms. The summed E-state index contributed by atoms with van der Waals surface area (Å²) >= 11 is 12.0. The number of hydrogen-bond acceptors (Lipinski definition) is 1. The molecule has 16 heavy (non-hydrogen) atoms. The summed E-state index contributed by atoms with van der Waals surface area (Å²) in [5, 5.41) is 11.0. The molecule has 0 saturated carbocycles. The van der Waals surface area contributed by atoms with Crippen LogP contribution in [0.15, 0.2) is 18.2 Å². The van der Waals surface area contributed by atoms with Crippen LogP contribution in [0.5, 0.6) is 0 Å². The molecule has 1 unspecified atom stereocenters. The number of aliphatic hydroxyl groups is 1. The number of terminal acetylenes is 1. The number of aliphatic hydroxyl groups excluding tert-OH is 1. The van der Waals surface area contributed by atoms with E-state index < -0.39 is 6.10 Å². The maximum atomic E-state index is 9.79. The van der Waals surface area contributed by atoms with E-state index in [0.29, 0.717) is 29.3 Å². The Morgan fingerprint density at radius 2 is 1.94 bits per heavy atom. The number of hydrogen-bond donors (Lipinski definition) is 1. The van der Waals surface area contributed by atoms with Crippen molar-refractivity contribution in [3.63, 3.8) is 0 Å². The lowest BCUT2D eigenvalue weighted by atomic mass is 10.0. The van der Waals surface area contributed by atoms with Crippen LogP contribution in [0.3, 0.4) is 0 Å². The molecule has 0 saturated heterocycles. The summed E-state index contributed by atoms with van der Waals surface area (Å²) in [4.78, 5) is 0. The third-order valence-corrected chi connectivity index (χ3v) is 3.07. The Balaban J connectivity index is 2.56. The quantitative estimate of drug-likeness (QED) is 0.629. The van der Waals surface area contributed by atoms with Crippen molar-refractivity contribution in [1.29, 1.82) is 0 Å². The van der Waals surface area contributed by atoms with Gasteiger partial charge in [-0.3, -0.25) is 0 Å². The predicted molar refractivity (Wildman–Crippen MR) is 68.9 cm³/mol. The first-order valence-electron chi connectivity index (χ1n) is 5.19. The van der Waals surface area contributed by atoms with Gasteiger partial charge in [-0.1, -0.05) is 29.3 Å². The molecule has 86 valence electrons. The number of halogens is 2. The van der Waals surface area contributed by atoms with Crippen LogP contribution in [-0.2, 0) is 6.42 Å². The molecule has 0 radical (unpaired) electrons. The maximum absolute atomic E-state index is 9.79. The van der Waals surface area contributed by atoms with E-state index >= 15 is 0 Å². The molecule has 0 amide bonds. The second kappa shape index (κ2) is 6.81. The minimum atomic E-state index is -0.439. The predicted octanol–water partition coefficient (Wildman–Crippen LogP) is 3.70. The average molecular weight is 257 g/mol. The molecule has 1 rings (SSSR count). The highest BCUT2D eigenvalue weighted by Gasteiger charge is 2.11. The van der Waals surface area contributed by atoms with Gasteiger partial charge in [0.25, 0.3) is 0 Å². The summed E-state index contributed by atoms with van der Waals surface area (Å²) in [7, 11) is 0. The van der Waals surface area contributed by atoms with Crippen molar-refractivity contribution in [2.45, 2.75) is 31.8 Å². The third-order valence-electron chi connectivity index (χ3n) is 2.36. The highest BCUT2D eigenvalue weighted by atomic mass is 35.5. The van der Waals surface area contributed by atoms with Crippen molar-refractivity contribution >= 4 is 23.2 Å². The summed E-state index contributed by atoms with van der Waals surface area (Å²) in [6, 6.07) is 5.34. The smallest absolute Gasteiger partial charge is 0.0582 e. The number of benzene rings is 1. The summed E-state index contributed by atoms with van der Waals surface area (Å²) in [5.41, 5.74) is 0.805. The zero-order chi connectivity index (χ0) is 12.0. The van der Waals surface area contributed by atoms with Crippen LogP contribution in [0.1, 0.15) is 24.8 Å². The Kier molecular flexibility index (Phi) is 5.69. The van der Waals surface area contributed by atoms with Crippen molar-refractivity contribution < 1.29 is 5.11 Å². The fourth-order valence-electron chi connectivity index (χ4n) is 1.50. The second-order valence-electron chi connectivity index (χ2n) is 3.65. The maximum Gasteiger partial charge on any atom is 0.0582 e. The largest absolute Gasteiger partial charge is 0.393 e. The number of rotatable bonds is 5. The topological polar surface area (TPSA) is 20.2 Å². The molecule has 0 aliphatic carbocycles. The van der Waals surface area contributed by atoms with Crippen LogP contribution in [0.4, 0.5) is 0 Å². The molecule has 1 atom stereocenters. The van der Waals surface area contributed by atoms with Crippen molar-refractivity contribution in [2.75, 3.05) is 0 Å². The van der Waals surface area contributed by atoms with Crippen LogP contribution in [0, 0.1) is 12.3 Å². The van der Waals surface area contributed by atoms with E-state index in [0.717, 1.165) is 12.0 Å². The molecule has 0 heterocycles. The molecule has 1 aromatic carbocycles. The molecular formula is C13H14Cl2O. The van der Waals surface area contributed by atoms with E-state index in [1.165, 1.54) is 0 Å². The second-order valence-corrected chi connectivity index (χ2v) is 4.47. The van der Waals surface area contributed by atoms with Gasteiger partial charge in [-0.25, -0.2) is 0 Å². The normalized spacial score (nSPS) is 12.1. The van der Waals surface area contributed by atoms with Gasteiger partial charge in [-0.05, 0) is 30.5 Å². The van der Waals surface area contributed by atoms with Gasteiger partial charge in [0.05, 0.1) is 6.10 Å².